The second-order valence-corrected chi connectivity index (χ2v) is 6.45. The average Bonchev–Trinajstić information content (AvgIpc) is 2.90. The van der Waals surface area contributed by atoms with Gasteiger partial charge in [0.25, 0.3) is 0 Å². The maximum absolute atomic E-state index is 13.0. The highest BCUT2D eigenvalue weighted by Crippen LogP contribution is 2.45. The van der Waals surface area contributed by atoms with Gasteiger partial charge in [-0.3, -0.25) is 4.79 Å². The third-order valence-electron chi connectivity index (χ3n) is 5.53. The fraction of sp³-hybridized carbons (Fsp3) is 0.611. The van der Waals surface area contributed by atoms with Crippen LogP contribution in [0.25, 0.3) is 0 Å². The number of hydrogen-bond donors (Lipinski definition) is 1. The zero-order chi connectivity index (χ0) is 14.9. The Morgan fingerprint density at radius 3 is 2.57 bits per heavy atom. The number of carbonyl (C=O) groups is 1. The van der Waals surface area contributed by atoms with Crippen LogP contribution in [0.4, 0.5) is 5.69 Å². The van der Waals surface area contributed by atoms with Crippen LogP contribution in [0.5, 0.6) is 0 Å². The Bertz CT molecular complexity index is 516. The number of piperidine rings is 1. The lowest BCUT2D eigenvalue weighted by Crippen LogP contribution is -2.43. The zero-order valence-electron chi connectivity index (χ0n) is 13.2. The molecular formula is C18H26N2O. The van der Waals surface area contributed by atoms with Crippen molar-refractivity contribution in [3.63, 3.8) is 0 Å². The molecule has 1 fully saturated rings. The van der Waals surface area contributed by atoms with Crippen molar-refractivity contribution in [2.45, 2.75) is 44.9 Å². The van der Waals surface area contributed by atoms with E-state index >= 15 is 0 Å². The number of amides is 1. The predicted molar refractivity (Wildman–Crippen MR) is 86.6 cm³/mol. The maximum Gasteiger partial charge on any atom is 0.230 e. The topological polar surface area (TPSA) is 32.3 Å². The normalized spacial score (nSPS) is 21.3. The van der Waals surface area contributed by atoms with Crippen molar-refractivity contribution in [2.75, 3.05) is 24.5 Å². The van der Waals surface area contributed by atoms with Gasteiger partial charge in [-0.1, -0.05) is 32.0 Å². The van der Waals surface area contributed by atoms with E-state index < -0.39 is 0 Å². The van der Waals surface area contributed by atoms with Crippen LogP contribution in [0, 0.1) is 5.92 Å². The predicted octanol–water partition coefficient (Wildman–Crippen LogP) is 3.09. The van der Waals surface area contributed by atoms with Crippen LogP contribution in [0.15, 0.2) is 24.3 Å². The smallest absolute Gasteiger partial charge is 0.230 e. The minimum absolute atomic E-state index is 0.152. The van der Waals surface area contributed by atoms with Crippen LogP contribution in [0.1, 0.15) is 45.1 Å². The van der Waals surface area contributed by atoms with Gasteiger partial charge in [-0.15, -0.1) is 0 Å². The van der Waals surface area contributed by atoms with Crippen molar-refractivity contribution in [1.29, 1.82) is 0 Å². The molecule has 0 unspecified atom stereocenters. The molecule has 114 valence electrons. The van der Waals surface area contributed by atoms with Gasteiger partial charge in [-0.05, 0) is 50.4 Å². The summed E-state index contributed by atoms with van der Waals surface area (Å²) in [5.74, 6) is 0.538. The Morgan fingerprint density at radius 1 is 1.24 bits per heavy atom. The highest BCUT2D eigenvalue weighted by Gasteiger charge is 2.43. The summed E-state index contributed by atoms with van der Waals surface area (Å²) in [7, 11) is 0. The van der Waals surface area contributed by atoms with Crippen molar-refractivity contribution in [3.8, 4) is 0 Å². The molecule has 0 bridgehead atoms. The lowest BCUT2D eigenvalue weighted by atomic mass is 9.78. The molecule has 2 aliphatic rings. The summed E-state index contributed by atoms with van der Waals surface area (Å²) in [6.45, 7) is 7.30. The number of rotatable bonds is 3. The van der Waals surface area contributed by atoms with E-state index in [4.69, 9.17) is 0 Å². The molecule has 0 radical (unpaired) electrons. The van der Waals surface area contributed by atoms with Gasteiger partial charge in [0.05, 0.1) is 0 Å². The van der Waals surface area contributed by atoms with E-state index in [-0.39, 0.29) is 11.3 Å². The SMILES string of the molecule is CCC1(CC)CN(C(=O)C2CCNCC2)c2ccccc21. The van der Waals surface area contributed by atoms with Gasteiger partial charge in [-0.25, -0.2) is 0 Å². The second kappa shape index (κ2) is 5.80. The summed E-state index contributed by atoms with van der Waals surface area (Å²) in [6.07, 6.45) is 4.14. The van der Waals surface area contributed by atoms with E-state index in [2.05, 4.69) is 48.3 Å². The maximum atomic E-state index is 13.0. The van der Waals surface area contributed by atoms with E-state index in [0.717, 1.165) is 51.0 Å². The molecule has 1 aromatic rings. The van der Waals surface area contributed by atoms with Gasteiger partial charge in [0.15, 0.2) is 0 Å². The number of fused-ring (bicyclic) bond motifs is 1. The van der Waals surface area contributed by atoms with Crippen molar-refractivity contribution >= 4 is 11.6 Å². The molecule has 0 spiro atoms. The lowest BCUT2D eigenvalue weighted by molar-refractivity contribution is -0.123. The van der Waals surface area contributed by atoms with Gasteiger partial charge in [0.2, 0.25) is 5.91 Å². The number of para-hydroxylation sites is 1. The molecule has 1 aromatic carbocycles. The number of nitrogens with zero attached hydrogens (tertiary/aromatic N) is 1. The van der Waals surface area contributed by atoms with Crippen LogP contribution in [0.3, 0.4) is 0 Å². The van der Waals surface area contributed by atoms with Crippen LogP contribution in [-0.2, 0) is 10.2 Å². The quantitative estimate of drug-likeness (QED) is 0.926. The van der Waals surface area contributed by atoms with Crippen LogP contribution >= 0.6 is 0 Å². The third-order valence-corrected chi connectivity index (χ3v) is 5.53. The van der Waals surface area contributed by atoms with Gasteiger partial charge < -0.3 is 10.2 Å². The van der Waals surface area contributed by atoms with Crippen LogP contribution in [-0.4, -0.2) is 25.5 Å². The molecule has 2 heterocycles. The van der Waals surface area contributed by atoms with E-state index in [9.17, 15) is 4.79 Å². The summed E-state index contributed by atoms with van der Waals surface area (Å²) >= 11 is 0. The Balaban J connectivity index is 1.92. The Kier molecular flexibility index (Phi) is 4.03. The molecule has 0 aromatic heterocycles. The van der Waals surface area contributed by atoms with E-state index in [0.29, 0.717) is 5.91 Å². The van der Waals surface area contributed by atoms with Crippen molar-refractivity contribution in [1.82, 2.24) is 5.32 Å². The second-order valence-electron chi connectivity index (χ2n) is 6.45. The van der Waals surface area contributed by atoms with Crippen molar-refractivity contribution in [2.24, 2.45) is 5.92 Å². The molecule has 1 N–H and O–H groups in total. The minimum Gasteiger partial charge on any atom is -0.317 e. The summed E-state index contributed by atoms with van der Waals surface area (Å²) < 4.78 is 0. The first-order valence-electron chi connectivity index (χ1n) is 8.33. The molecule has 0 saturated carbocycles. The highest BCUT2D eigenvalue weighted by molar-refractivity contribution is 5.97. The number of benzene rings is 1. The first-order chi connectivity index (χ1) is 10.2. The molecule has 2 aliphatic heterocycles. The summed E-state index contributed by atoms with van der Waals surface area (Å²) in [5.41, 5.74) is 2.68. The molecule has 1 amide bonds. The van der Waals surface area contributed by atoms with Crippen LogP contribution in [0.2, 0.25) is 0 Å². The summed E-state index contributed by atoms with van der Waals surface area (Å²) in [6, 6.07) is 8.51. The van der Waals surface area contributed by atoms with Crippen molar-refractivity contribution in [3.05, 3.63) is 29.8 Å². The largest absolute Gasteiger partial charge is 0.317 e. The third kappa shape index (κ3) is 2.38. The summed E-state index contributed by atoms with van der Waals surface area (Å²) in [4.78, 5) is 15.1. The molecule has 3 rings (SSSR count). The van der Waals surface area contributed by atoms with E-state index in [1.54, 1.807) is 0 Å². The van der Waals surface area contributed by atoms with Crippen molar-refractivity contribution < 1.29 is 4.79 Å². The standard InChI is InChI=1S/C18H26N2O/c1-3-18(4-2)13-20(16-8-6-5-7-15(16)18)17(21)14-9-11-19-12-10-14/h5-8,14,19H,3-4,9-13H2,1-2H3. The number of anilines is 1. The fourth-order valence-electron chi connectivity index (χ4n) is 3.97. The molecule has 3 nitrogen and oxygen atoms in total. The summed E-state index contributed by atoms with van der Waals surface area (Å²) in [5, 5.41) is 3.35. The first-order valence-corrected chi connectivity index (χ1v) is 8.33. The molecular weight excluding hydrogens is 260 g/mol. The first kappa shape index (κ1) is 14.6. The van der Waals surface area contributed by atoms with Gasteiger partial charge in [-0.2, -0.15) is 0 Å². The monoisotopic (exact) mass is 286 g/mol. The fourth-order valence-corrected chi connectivity index (χ4v) is 3.97. The van der Waals surface area contributed by atoms with Crippen LogP contribution < -0.4 is 10.2 Å². The zero-order valence-corrected chi connectivity index (χ0v) is 13.2. The molecule has 0 aliphatic carbocycles. The van der Waals surface area contributed by atoms with Gasteiger partial charge in [0.1, 0.15) is 0 Å². The lowest BCUT2D eigenvalue weighted by Gasteiger charge is -2.30. The average molecular weight is 286 g/mol. The Hall–Kier alpha value is -1.35. The molecule has 21 heavy (non-hydrogen) atoms. The highest BCUT2D eigenvalue weighted by atomic mass is 16.2. The minimum atomic E-state index is 0.152. The molecule has 3 heteroatoms. The number of nitrogens with one attached hydrogen (secondary N) is 1. The van der Waals surface area contributed by atoms with E-state index in [1.165, 1.54) is 5.56 Å². The molecule has 0 atom stereocenters. The van der Waals surface area contributed by atoms with Gasteiger partial charge in [0, 0.05) is 23.6 Å². The Morgan fingerprint density at radius 2 is 1.90 bits per heavy atom. The Labute approximate surface area is 127 Å². The van der Waals surface area contributed by atoms with E-state index in [1.807, 2.05) is 0 Å². The van der Waals surface area contributed by atoms with Gasteiger partial charge >= 0.3 is 0 Å². The number of carbonyl (C=O) groups excluding carboxylic acids is 1. The molecule has 1 saturated heterocycles. The number of hydrogen-bond acceptors (Lipinski definition) is 2.